The molecule has 0 aromatic heterocycles. The van der Waals surface area contributed by atoms with Gasteiger partial charge in [0.05, 0.1) is 0 Å². The van der Waals surface area contributed by atoms with Crippen LogP contribution in [0.3, 0.4) is 0 Å². The maximum Gasteiger partial charge on any atom is 0.243 e. The van der Waals surface area contributed by atoms with Crippen molar-refractivity contribution in [1.29, 1.82) is 0 Å². The van der Waals surface area contributed by atoms with E-state index < -0.39 is 6.23 Å². The van der Waals surface area contributed by atoms with E-state index in [4.69, 9.17) is 4.74 Å². The largest absolute Gasteiger partial charge is 0.446 e. The first-order valence-corrected chi connectivity index (χ1v) is 7.71. The molecule has 1 atom stereocenters. The number of benzene rings is 2. The van der Waals surface area contributed by atoms with Crippen molar-refractivity contribution in [2.45, 2.75) is 20.1 Å². The predicted octanol–water partition coefficient (Wildman–Crippen LogP) is 4.00. The Balaban J connectivity index is 1.94. The molecule has 5 heteroatoms. The molecule has 0 spiro atoms. The number of ether oxygens (including phenoxy) is 1. The van der Waals surface area contributed by atoms with Crippen LogP contribution in [0.5, 0.6) is 0 Å². The Morgan fingerprint density at radius 1 is 1.23 bits per heavy atom. The number of aryl methyl sites for hydroxylation is 1. The van der Waals surface area contributed by atoms with Gasteiger partial charge in [0, 0.05) is 22.5 Å². The molecule has 1 heterocycles. The number of hydrogen-bond acceptors (Lipinski definition) is 3. The first-order valence-electron chi connectivity index (χ1n) is 6.92. The van der Waals surface area contributed by atoms with E-state index in [2.05, 4.69) is 21.0 Å². The number of rotatable bonds is 2. The van der Waals surface area contributed by atoms with Crippen LogP contribution in [0.2, 0.25) is 0 Å². The SMILES string of the molecule is CC(=O)N1N=C(c2cccc(C)c2)O[C@H]1c1ccc(Br)cc1. The van der Waals surface area contributed by atoms with Crippen molar-refractivity contribution in [3.8, 4) is 0 Å². The minimum atomic E-state index is -0.527. The fraction of sp³-hybridized carbons (Fsp3) is 0.176. The van der Waals surface area contributed by atoms with Gasteiger partial charge in [0.1, 0.15) is 0 Å². The van der Waals surface area contributed by atoms with Crippen LogP contribution in [0, 0.1) is 6.92 Å². The van der Waals surface area contributed by atoms with E-state index in [1.54, 1.807) is 0 Å². The van der Waals surface area contributed by atoms with Crippen LogP contribution >= 0.6 is 15.9 Å². The van der Waals surface area contributed by atoms with E-state index in [1.807, 2.05) is 55.5 Å². The van der Waals surface area contributed by atoms with E-state index in [0.717, 1.165) is 21.2 Å². The minimum Gasteiger partial charge on any atom is -0.446 e. The van der Waals surface area contributed by atoms with Crippen LogP contribution in [0.25, 0.3) is 0 Å². The van der Waals surface area contributed by atoms with Gasteiger partial charge in [-0.3, -0.25) is 4.79 Å². The van der Waals surface area contributed by atoms with Crippen LogP contribution in [-0.2, 0) is 9.53 Å². The molecule has 0 N–H and O–H groups in total. The highest BCUT2D eigenvalue weighted by molar-refractivity contribution is 9.10. The lowest BCUT2D eigenvalue weighted by atomic mass is 10.1. The molecule has 2 aromatic carbocycles. The molecular weight excluding hydrogens is 344 g/mol. The summed E-state index contributed by atoms with van der Waals surface area (Å²) in [6.45, 7) is 3.49. The van der Waals surface area contributed by atoms with Gasteiger partial charge in [-0.25, -0.2) is 0 Å². The maximum atomic E-state index is 11.9. The van der Waals surface area contributed by atoms with Gasteiger partial charge in [0.25, 0.3) is 0 Å². The molecular formula is C17H15BrN2O2. The number of hydrogen-bond donors (Lipinski definition) is 0. The van der Waals surface area contributed by atoms with E-state index >= 15 is 0 Å². The fourth-order valence-electron chi connectivity index (χ4n) is 2.31. The van der Waals surface area contributed by atoms with Crippen LogP contribution in [-0.4, -0.2) is 16.8 Å². The quantitative estimate of drug-likeness (QED) is 0.814. The smallest absolute Gasteiger partial charge is 0.243 e. The first kappa shape index (κ1) is 14.8. The van der Waals surface area contributed by atoms with Crippen molar-refractivity contribution in [3.63, 3.8) is 0 Å². The van der Waals surface area contributed by atoms with E-state index in [0.29, 0.717) is 5.90 Å². The van der Waals surface area contributed by atoms with Crippen LogP contribution in [0.4, 0.5) is 0 Å². The molecule has 2 aromatic rings. The molecule has 0 radical (unpaired) electrons. The van der Waals surface area contributed by atoms with Gasteiger partial charge in [-0.2, -0.15) is 5.01 Å². The summed E-state index contributed by atoms with van der Waals surface area (Å²) in [5, 5.41) is 5.72. The Morgan fingerprint density at radius 3 is 2.59 bits per heavy atom. The van der Waals surface area contributed by atoms with Gasteiger partial charge in [0.15, 0.2) is 0 Å². The predicted molar refractivity (Wildman–Crippen MR) is 88.2 cm³/mol. The van der Waals surface area contributed by atoms with Crippen molar-refractivity contribution in [2.75, 3.05) is 0 Å². The summed E-state index contributed by atoms with van der Waals surface area (Å²) in [4.78, 5) is 11.9. The molecule has 0 saturated heterocycles. The lowest BCUT2D eigenvalue weighted by molar-refractivity contribution is -0.135. The summed E-state index contributed by atoms with van der Waals surface area (Å²) in [6, 6.07) is 15.5. The van der Waals surface area contributed by atoms with Gasteiger partial charge < -0.3 is 4.74 Å². The maximum absolute atomic E-state index is 11.9. The third-order valence-electron chi connectivity index (χ3n) is 3.39. The molecule has 112 valence electrons. The number of carbonyl (C=O) groups excluding carboxylic acids is 1. The third-order valence-corrected chi connectivity index (χ3v) is 3.92. The molecule has 22 heavy (non-hydrogen) atoms. The second-order valence-electron chi connectivity index (χ2n) is 5.16. The zero-order chi connectivity index (χ0) is 15.7. The molecule has 0 aliphatic carbocycles. The number of hydrazone groups is 1. The van der Waals surface area contributed by atoms with Crippen LogP contribution in [0.1, 0.15) is 29.8 Å². The standard InChI is InChI=1S/C17H15BrN2O2/c1-11-4-3-5-14(10-11)16-19-20(12(2)21)17(22-16)13-6-8-15(18)9-7-13/h3-10,17H,1-2H3/t17-/m0/s1. The number of nitrogens with zero attached hydrogens (tertiary/aromatic N) is 2. The summed E-state index contributed by atoms with van der Waals surface area (Å²) < 4.78 is 6.92. The lowest BCUT2D eigenvalue weighted by Crippen LogP contribution is -2.25. The molecule has 0 bridgehead atoms. The molecule has 1 aliphatic heterocycles. The summed E-state index contributed by atoms with van der Waals surface area (Å²) in [7, 11) is 0. The minimum absolute atomic E-state index is 0.157. The van der Waals surface area contributed by atoms with E-state index in [9.17, 15) is 4.79 Å². The Labute approximate surface area is 137 Å². The molecule has 0 saturated carbocycles. The van der Waals surface area contributed by atoms with Crippen molar-refractivity contribution in [1.82, 2.24) is 5.01 Å². The average Bonchev–Trinajstić information content (AvgIpc) is 2.93. The second-order valence-corrected chi connectivity index (χ2v) is 6.08. The molecule has 0 fully saturated rings. The number of carbonyl (C=O) groups is 1. The lowest BCUT2D eigenvalue weighted by Gasteiger charge is -2.19. The zero-order valence-corrected chi connectivity index (χ0v) is 13.9. The second kappa shape index (κ2) is 5.93. The van der Waals surface area contributed by atoms with Crippen molar-refractivity contribution < 1.29 is 9.53 Å². The van der Waals surface area contributed by atoms with E-state index in [1.165, 1.54) is 11.9 Å². The highest BCUT2D eigenvalue weighted by atomic mass is 79.9. The number of halogens is 1. The normalized spacial score (nSPS) is 17.1. The van der Waals surface area contributed by atoms with Gasteiger partial charge in [0.2, 0.25) is 18.0 Å². The summed E-state index contributed by atoms with van der Waals surface area (Å²) in [5.74, 6) is 0.308. The molecule has 1 amide bonds. The summed E-state index contributed by atoms with van der Waals surface area (Å²) in [6.07, 6.45) is -0.527. The third kappa shape index (κ3) is 2.90. The van der Waals surface area contributed by atoms with Gasteiger partial charge in [-0.15, -0.1) is 5.10 Å². The summed E-state index contributed by atoms with van der Waals surface area (Å²) >= 11 is 3.40. The molecule has 1 aliphatic rings. The monoisotopic (exact) mass is 358 g/mol. The topological polar surface area (TPSA) is 41.9 Å². The highest BCUT2D eigenvalue weighted by Gasteiger charge is 2.32. The molecule has 3 rings (SSSR count). The van der Waals surface area contributed by atoms with Crippen LogP contribution < -0.4 is 0 Å². The Hall–Kier alpha value is -2.14. The van der Waals surface area contributed by atoms with Crippen LogP contribution in [0.15, 0.2) is 58.1 Å². The van der Waals surface area contributed by atoms with Crippen molar-refractivity contribution in [3.05, 3.63) is 69.7 Å². The number of amides is 1. The van der Waals surface area contributed by atoms with Gasteiger partial charge in [-0.1, -0.05) is 45.8 Å². The van der Waals surface area contributed by atoms with Crippen molar-refractivity contribution in [2.24, 2.45) is 5.10 Å². The zero-order valence-electron chi connectivity index (χ0n) is 12.3. The van der Waals surface area contributed by atoms with Crippen molar-refractivity contribution >= 4 is 27.7 Å². The van der Waals surface area contributed by atoms with Gasteiger partial charge in [-0.05, 0) is 31.2 Å². The van der Waals surface area contributed by atoms with E-state index in [-0.39, 0.29) is 5.91 Å². The summed E-state index contributed by atoms with van der Waals surface area (Å²) in [5.41, 5.74) is 2.86. The Bertz CT molecular complexity index is 741. The Morgan fingerprint density at radius 2 is 1.95 bits per heavy atom. The first-order chi connectivity index (χ1) is 10.5. The molecule has 4 nitrogen and oxygen atoms in total. The highest BCUT2D eigenvalue weighted by Crippen LogP contribution is 2.31. The Kier molecular flexibility index (Phi) is 3.98. The van der Waals surface area contributed by atoms with Gasteiger partial charge >= 0.3 is 0 Å². The molecule has 0 unspecified atom stereocenters. The average molecular weight is 359 g/mol. The fourth-order valence-corrected chi connectivity index (χ4v) is 2.57.